The fourth-order valence-corrected chi connectivity index (χ4v) is 1.44. The third-order valence-electron chi connectivity index (χ3n) is 1.96. The lowest BCUT2D eigenvalue weighted by Crippen LogP contribution is -2.26. The molecular formula is C11H12ClFO2. The molecule has 0 aliphatic rings. The van der Waals surface area contributed by atoms with Gasteiger partial charge in [-0.25, -0.2) is 4.39 Å². The number of rotatable bonds is 3. The van der Waals surface area contributed by atoms with Crippen molar-refractivity contribution >= 4 is 17.4 Å². The Morgan fingerprint density at radius 3 is 2.53 bits per heavy atom. The van der Waals surface area contributed by atoms with E-state index in [1.807, 2.05) is 0 Å². The Balaban J connectivity index is 3.30. The molecule has 1 aromatic rings. The second-order valence-corrected chi connectivity index (χ2v) is 4.03. The van der Waals surface area contributed by atoms with Crippen LogP contribution in [0, 0.1) is 0 Å². The van der Waals surface area contributed by atoms with Crippen molar-refractivity contribution in [1.29, 1.82) is 0 Å². The lowest BCUT2D eigenvalue weighted by atomic mass is 9.97. The van der Waals surface area contributed by atoms with Crippen LogP contribution in [0.4, 0.5) is 4.39 Å². The summed E-state index contributed by atoms with van der Waals surface area (Å²) in [6, 6.07) is 4.75. The Morgan fingerprint density at radius 2 is 2.07 bits per heavy atom. The topological polar surface area (TPSA) is 26.3 Å². The number of alkyl halides is 1. The monoisotopic (exact) mass is 230 g/mol. The Kier molecular flexibility index (Phi) is 3.35. The van der Waals surface area contributed by atoms with Gasteiger partial charge in [0.2, 0.25) is 5.78 Å². The molecule has 0 aliphatic heterocycles. The summed E-state index contributed by atoms with van der Waals surface area (Å²) in [5, 5.41) is 0.199. The minimum atomic E-state index is -1.96. The molecule has 0 spiro atoms. The van der Waals surface area contributed by atoms with Crippen molar-refractivity contribution in [2.75, 3.05) is 7.11 Å². The molecule has 0 heterocycles. The summed E-state index contributed by atoms with van der Waals surface area (Å²) in [5.41, 5.74) is -1.87. The SMILES string of the molecule is COc1cccc(Cl)c1C(=O)C(C)(C)F. The molecule has 0 fully saturated rings. The normalized spacial score (nSPS) is 11.3. The van der Waals surface area contributed by atoms with Crippen LogP contribution in [0.25, 0.3) is 0 Å². The number of carbonyl (C=O) groups excluding carboxylic acids is 1. The zero-order chi connectivity index (χ0) is 11.6. The largest absolute Gasteiger partial charge is 0.496 e. The lowest BCUT2D eigenvalue weighted by Gasteiger charge is -2.16. The van der Waals surface area contributed by atoms with E-state index in [1.165, 1.54) is 27.0 Å². The van der Waals surface area contributed by atoms with Crippen LogP contribution in [0.15, 0.2) is 18.2 Å². The van der Waals surface area contributed by atoms with Gasteiger partial charge in [-0.2, -0.15) is 0 Å². The summed E-state index contributed by atoms with van der Waals surface area (Å²) in [6.07, 6.45) is 0. The predicted octanol–water partition coefficient (Wildman–Crippen LogP) is 3.28. The number of benzene rings is 1. The Morgan fingerprint density at radius 1 is 1.47 bits per heavy atom. The van der Waals surface area contributed by atoms with E-state index in [0.717, 1.165) is 0 Å². The molecule has 0 atom stereocenters. The summed E-state index contributed by atoms with van der Waals surface area (Å²) < 4.78 is 18.5. The van der Waals surface area contributed by atoms with Crippen LogP contribution < -0.4 is 4.74 Å². The molecule has 0 amide bonds. The highest BCUT2D eigenvalue weighted by atomic mass is 35.5. The average Bonchev–Trinajstić information content (AvgIpc) is 2.15. The number of Topliss-reactive ketones (excluding diaryl/α,β-unsaturated/α-hetero) is 1. The third kappa shape index (κ3) is 2.48. The summed E-state index contributed by atoms with van der Waals surface area (Å²) in [4.78, 5) is 11.7. The summed E-state index contributed by atoms with van der Waals surface area (Å²) in [6.45, 7) is 2.39. The van der Waals surface area contributed by atoms with Crippen molar-refractivity contribution in [3.63, 3.8) is 0 Å². The summed E-state index contributed by atoms with van der Waals surface area (Å²) in [5.74, 6) is -0.386. The maximum Gasteiger partial charge on any atom is 0.204 e. The quantitative estimate of drug-likeness (QED) is 0.745. The van der Waals surface area contributed by atoms with Gasteiger partial charge >= 0.3 is 0 Å². The molecule has 15 heavy (non-hydrogen) atoms. The number of hydrogen-bond donors (Lipinski definition) is 0. The maximum absolute atomic E-state index is 13.5. The van der Waals surface area contributed by atoms with Gasteiger partial charge in [0.05, 0.1) is 17.7 Å². The zero-order valence-electron chi connectivity index (χ0n) is 8.80. The molecule has 0 unspecified atom stereocenters. The van der Waals surface area contributed by atoms with Crippen LogP contribution >= 0.6 is 11.6 Å². The highest BCUT2D eigenvalue weighted by Gasteiger charge is 2.31. The molecule has 4 heteroatoms. The number of ketones is 1. The van der Waals surface area contributed by atoms with Gasteiger partial charge in [0.25, 0.3) is 0 Å². The van der Waals surface area contributed by atoms with Gasteiger partial charge in [0.15, 0.2) is 5.67 Å². The van der Waals surface area contributed by atoms with Gasteiger partial charge < -0.3 is 4.74 Å². The lowest BCUT2D eigenvalue weighted by molar-refractivity contribution is 0.0757. The van der Waals surface area contributed by atoms with Gasteiger partial charge in [0.1, 0.15) is 5.75 Å². The van der Waals surface area contributed by atoms with E-state index in [0.29, 0.717) is 5.75 Å². The number of halogens is 2. The van der Waals surface area contributed by atoms with Crippen molar-refractivity contribution in [1.82, 2.24) is 0 Å². The third-order valence-corrected chi connectivity index (χ3v) is 2.28. The molecule has 2 nitrogen and oxygen atoms in total. The van der Waals surface area contributed by atoms with E-state index in [1.54, 1.807) is 12.1 Å². The van der Waals surface area contributed by atoms with E-state index in [4.69, 9.17) is 16.3 Å². The number of methoxy groups -OCH3 is 1. The van der Waals surface area contributed by atoms with Crippen molar-refractivity contribution in [2.24, 2.45) is 0 Å². The highest BCUT2D eigenvalue weighted by Crippen LogP contribution is 2.30. The van der Waals surface area contributed by atoms with E-state index in [2.05, 4.69) is 0 Å². The first-order valence-electron chi connectivity index (χ1n) is 4.44. The predicted molar refractivity (Wildman–Crippen MR) is 57.5 cm³/mol. The zero-order valence-corrected chi connectivity index (χ0v) is 9.56. The first-order chi connectivity index (χ1) is 6.88. The van der Waals surface area contributed by atoms with Crippen LogP contribution in [-0.2, 0) is 0 Å². The smallest absolute Gasteiger partial charge is 0.204 e. The Hall–Kier alpha value is -1.09. The second kappa shape index (κ2) is 4.19. The molecule has 1 aromatic carbocycles. The Bertz CT molecular complexity index is 383. The van der Waals surface area contributed by atoms with Crippen LogP contribution in [-0.4, -0.2) is 18.6 Å². The maximum atomic E-state index is 13.5. The fourth-order valence-electron chi connectivity index (χ4n) is 1.19. The minimum absolute atomic E-state index is 0.0918. The molecule has 0 saturated carbocycles. The minimum Gasteiger partial charge on any atom is -0.496 e. The number of carbonyl (C=O) groups is 1. The number of hydrogen-bond acceptors (Lipinski definition) is 2. The standard InChI is InChI=1S/C11H12ClFO2/c1-11(2,13)10(14)9-7(12)5-4-6-8(9)15-3/h4-6H,1-3H3. The second-order valence-electron chi connectivity index (χ2n) is 3.62. The van der Waals surface area contributed by atoms with Crippen LogP contribution in [0.5, 0.6) is 5.75 Å². The molecule has 0 radical (unpaired) electrons. The van der Waals surface area contributed by atoms with Crippen LogP contribution in [0.1, 0.15) is 24.2 Å². The van der Waals surface area contributed by atoms with E-state index in [-0.39, 0.29) is 10.6 Å². The van der Waals surface area contributed by atoms with Crippen molar-refractivity contribution < 1.29 is 13.9 Å². The van der Waals surface area contributed by atoms with Crippen LogP contribution in [0.2, 0.25) is 5.02 Å². The van der Waals surface area contributed by atoms with Gasteiger partial charge in [0, 0.05) is 0 Å². The summed E-state index contributed by atoms with van der Waals surface area (Å²) in [7, 11) is 1.41. The molecule has 0 bridgehead atoms. The summed E-state index contributed by atoms with van der Waals surface area (Å²) >= 11 is 5.84. The number of ether oxygens (including phenoxy) is 1. The molecule has 0 N–H and O–H groups in total. The fraction of sp³-hybridized carbons (Fsp3) is 0.364. The average molecular weight is 231 g/mol. The molecule has 1 rings (SSSR count). The molecule has 0 saturated heterocycles. The first kappa shape index (κ1) is 12.0. The van der Waals surface area contributed by atoms with Gasteiger partial charge in [-0.1, -0.05) is 17.7 Å². The Labute approximate surface area is 93.0 Å². The van der Waals surface area contributed by atoms with Crippen molar-refractivity contribution in [3.8, 4) is 5.75 Å². The van der Waals surface area contributed by atoms with Crippen LogP contribution in [0.3, 0.4) is 0 Å². The molecule has 0 aliphatic carbocycles. The van der Waals surface area contributed by atoms with Crippen molar-refractivity contribution in [2.45, 2.75) is 19.5 Å². The molecule has 0 aromatic heterocycles. The van der Waals surface area contributed by atoms with Gasteiger partial charge in [-0.3, -0.25) is 4.79 Å². The van der Waals surface area contributed by atoms with E-state index in [9.17, 15) is 9.18 Å². The molecular weight excluding hydrogens is 219 g/mol. The highest BCUT2D eigenvalue weighted by molar-refractivity contribution is 6.34. The van der Waals surface area contributed by atoms with E-state index >= 15 is 0 Å². The van der Waals surface area contributed by atoms with Gasteiger partial charge in [-0.05, 0) is 26.0 Å². The van der Waals surface area contributed by atoms with E-state index < -0.39 is 11.5 Å². The first-order valence-corrected chi connectivity index (χ1v) is 4.82. The van der Waals surface area contributed by atoms with Crippen molar-refractivity contribution in [3.05, 3.63) is 28.8 Å². The molecule has 82 valence electrons. The van der Waals surface area contributed by atoms with Gasteiger partial charge in [-0.15, -0.1) is 0 Å².